The maximum absolute atomic E-state index is 2.28. The summed E-state index contributed by atoms with van der Waals surface area (Å²) in [5.74, 6) is 0. The van der Waals surface area contributed by atoms with Gasteiger partial charge in [0.2, 0.25) is 0 Å². The molecule has 0 heterocycles. The van der Waals surface area contributed by atoms with Crippen LogP contribution >= 0.6 is 0 Å². The van der Waals surface area contributed by atoms with E-state index in [0.29, 0.717) is 0 Å². The van der Waals surface area contributed by atoms with Gasteiger partial charge in [-0.25, -0.2) is 0 Å². The summed E-state index contributed by atoms with van der Waals surface area (Å²) < 4.78 is 0. The number of unbranched alkanes of at least 4 members (excludes halogenated alkanes) is 9. The second-order valence-electron chi connectivity index (χ2n) is 3.83. The average molecular weight is 210 g/mol. The molecular weight excluding hydrogens is 183 g/mol. The van der Waals surface area contributed by atoms with E-state index in [2.05, 4.69) is 13.8 Å². The Morgan fingerprint density at radius 2 is 0.769 bits per heavy atom. The number of rotatable bonds is 9. The molecule has 0 rings (SSSR count). The van der Waals surface area contributed by atoms with E-state index in [1.807, 2.05) is 0 Å². The maximum atomic E-state index is 2.28. The molecule has 76 valence electrons. The minimum Gasteiger partial charge on any atom is -1.00 e. The van der Waals surface area contributed by atoms with Crippen LogP contribution in [0.3, 0.4) is 0 Å². The molecule has 0 aliphatic heterocycles. The number of hydrogen-bond donors (Lipinski definition) is 0. The van der Waals surface area contributed by atoms with Crippen molar-refractivity contribution in [2.75, 3.05) is 0 Å². The van der Waals surface area contributed by atoms with Gasteiger partial charge in [0.1, 0.15) is 0 Å². The zero-order valence-corrected chi connectivity index (χ0v) is 13.2. The van der Waals surface area contributed by atoms with Crippen molar-refractivity contribution in [3.8, 4) is 0 Å². The van der Waals surface area contributed by atoms with Gasteiger partial charge >= 0.3 is 51.4 Å². The molecule has 1 heteroatoms. The van der Waals surface area contributed by atoms with Crippen molar-refractivity contribution in [1.82, 2.24) is 0 Å². The Labute approximate surface area is 129 Å². The molecule has 0 aromatic rings. The van der Waals surface area contributed by atoms with Crippen molar-refractivity contribution in [1.29, 1.82) is 0 Å². The molecule has 0 radical (unpaired) electrons. The van der Waals surface area contributed by atoms with Crippen LogP contribution < -0.4 is 51.4 Å². The summed E-state index contributed by atoms with van der Waals surface area (Å²) in [5.41, 5.74) is 0. The minimum atomic E-state index is 0. The van der Waals surface area contributed by atoms with Crippen molar-refractivity contribution in [3.63, 3.8) is 0 Å². The summed E-state index contributed by atoms with van der Waals surface area (Å²) in [6, 6.07) is 0. The van der Waals surface area contributed by atoms with Crippen LogP contribution in [0.25, 0.3) is 0 Å². The van der Waals surface area contributed by atoms with Crippen LogP contribution in [-0.2, 0) is 0 Å². The van der Waals surface area contributed by atoms with Crippen LogP contribution in [0.1, 0.15) is 79.5 Å². The fourth-order valence-corrected chi connectivity index (χ4v) is 1.56. The maximum Gasteiger partial charge on any atom is 1.00 e. The second-order valence-corrected chi connectivity index (χ2v) is 3.83. The summed E-state index contributed by atoms with van der Waals surface area (Å²) in [4.78, 5) is 0. The molecule has 0 nitrogen and oxygen atoms in total. The molecule has 0 N–H and O–H groups in total. The molecule has 0 saturated carbocycles. The Hall–Kier alpha value is 1.64. The average Bonchev–Trinajstić information content (AvgIpc) is 2.10. The van der Waals surface area contributed by atoms with Gasteiger partial charge in [-0.1, -0.05) is 78.1 Å². The molecule has 0 aromatic carbocycles. The summed E-state index contributed by atoms with van der Waals surface area (Å²) in [6.45, 7) is 4.56. The van der Waals surface area contributed by atoms with Gasteiger partial charge in [-0.3, -0.25) is 0 Å². The molecule has 0 spiro atoms. The monoisotopic (exact) mass is 210 g/mol. The van der Waals surface area contributed by atoms with Crippen LogP contribution in [0.4, 0.5) is 0 Å². The third kappa shape index (κ3) is 16.3. The molecule has 0 bridgehead atoms. The van der Waals surface area contributed by atoms with E-state index >= 15 is 0 Å². The van der Waals surface area contributed by atoms with E-state index in [0.717, 1.165) is 0 Å². The van der Waals surface area contributed by atoms with Gasteiger partial charge in [0, 0.05) is 0 Å². The summed E-state index contributed by atoms with van der Waals surface area (Å²) in [5, 5.41) is 0. The van der Waals surface area contributed by atoms with Gasteiger partial charge in [-0.15, -0.1) is 0 Å². The van der Waals surface area contributed by atoms with E-state index in [1.165, 1.54) is 64.2 Å². The molecular formula is C12H27K. The molecule has 0 amide bonds. The quantitative estimate of drug-likeness (QED) is 0.404. The van der Waals surface area contributed by atoms with E-state index < -0.39 is 0 Å². The van der Waals surface area contributed by atoms with Gasteiger partial charge in [0.25, 0.3) is 0 Å². The SMILES string of the molecule is CCCCCCCCCCCC.[H-].[K+]. The van der Waals surface area contributed by atoms with E-state index in [4.69, 9.17) is 0 Å². The molecule has 0 aliphatic rings. The zero-order chi connectivity index (χ0) is 9.07. The summed E-state index contributed by atoms with van der Waals surface area (Å²) in [6.07, 6.45) is 14.4. The van der Waals surface area contributed by atoms with Crippen LogP contribution in [0.15, 0.2) is 0 Å². The van der Waals surface area contributed by atoms with Gasteiger partial charge in [0.05, 0.1) is 0 Å². The third-order valence-corrected chi connectivity index (χ3v) is 2.46. The second kappa shape index (κ2) is 16.1. The first kappa shape index (κ1) is 17.0. The Bertz CT molecular complexity index is 66.7. The summed E-state index contributed by atoms with van der Waals surface area (Å²) in [7, 11) is 0. The Balaban J connectivity index is -0.000000605. The van der Waals surface area contributed by atoms with Crippen LogP contribution in [0.2, 0.25) is 0 Å². The van der Waals surface area contributed by atoms with Crippen LogP contribution in [0, 0.1) is 0 Å². The predicted molar refractivity (Wildman–Crippen MR) is 58.6 cm³/mol. The normalized spacial score (nSPS) is 9.69. The number of hydrogen-bond acceptors (Lipinski definition) is 0. The Morgan fingerprint density at radius 1 is 0.538 bits per heavy atom. The first-order chi connectivity index (χ1) is 5.91. The fourth-order valence-electron chi connectivity index (χ4n) is 1.56. The van der Waals surface area contributed by atoms with E-state index in [1.54, 1.807) is 0 Å². The van der Waals surface area contributed by atoms with Gasteiger partial charge in [-0.05, 0) is 0 Å². The van der Waals surface area contributed by atoms with Gasteiger partial charge in [-0.2, -0.15) is 0 Å². The van der Waals surface area contributed by atoms with E-state index in [-0.39, 0.29) is 52.8 Å². The smallest absolute Gasteiger partial charge is 1.00 e. The Kier molecular flexibility index (Phi) is 21.1. The molecule has 0 saturated heterocycles. The topological polar surface area (TPSA) is 0 Å². The minimum absolute atomic E-state index is 0. The molecule has 0 aliphatic carbocycles. The van der Waals surface area contributed by atoms with Gasteiger partial charge in [0.15, 0.2) is 0 Å². The fraction of sp³-hybridized carbons (Fsp3) is 1.00. The predicted octanol–water partition coefficient (Wildman–Crippen LogP) is 2.04. The van der Waals surface area contributed by atoms with Crippen LogP contribution in [-0.4, -0.2) is 0 Å². The molecule has 0 atom stereocenters. The standard InChI is InChI=1S/C12H26.K.H/c1-3-5-7-9-11-12-10-8-6-4-2;;/h3-12H2,1-2H3;;/q;+1;-1. The van der Waals surface area contributed by atoms with Crippen molar-refractivity contribution >= 4 is 0 Å². The molecule has 0 fully saturated rings. The molecule has 0 aromatic heterocycles. The van der Waals surface area contributed by atoms with Crippen molar-refractivity contribution in [2.45, 2.75) is 78.1 Å². The van der Waals surface area contributed by atoms with Gasteiger partial charge < -0.3 is 1.43 Å². The molecule has 13 heavy (non-hydrogen) atoms. The van der Waals surface area contributed by atoms with Crippen LogP contribution in [0.5, 0.6) is 0 Å². The zero-order valence-electron chi connectivity index (χ0n) is 11.1. The van der Waals surface area contributed by atoms with Crippen molar-refractivity contribution in [3.05, 3.63) is 0 Å². The van der Waals surface area contributed by atoms with Crippen molar-refractivity contribution in [2.24, 2.45) is 0 Å². The molecule has 0 unspecified atom stereocenters. The first-order valence-corrected chi connectivity index (χ1v) is 5.91. The largest absolute Gasteiger partial charge is 1.00 e. The third-order valence-electron chi connectivity index (χ3n) is 2.46. The first-order valence-electron chi connectivity index (χ1n) is 5.91. The Morgan fingerprint density at radius 3 is 1.00 bits per heavy atom. The van der Waals surface area contributed by atoms with Crippen molar-refractivity contribution < 1.29 is 52.8 Å². The summed E-state index contributed by atoms with van der Waals surface area (Å²) >= 11 is 0. The van der Waals surface area contributed by atoms with E-state index in [9.17, 15) is 0 Å².